The van der Waals surface area contributed by atoms with Crippen molar-refractivity contribution in [2.75, 3.05) is 0 Å². The van der Waals surface area contributed by atoms with E-state index in [2.05, 4.69) is 15.8 Å². The lowest BCUT2D eigenvalue weighted by molar-refractivity contribution is -0.139. The maximum Gasteiger partial charge on any atom is 0.329 e. The predicted octanol–water partition coefficient (Wildman–Crippen LogP) is 4.34. The third-order valence-electron chi connectivity index (χ3n) is 4.18. The van der Waals surface area contributed by atoms with E-state index >= 15 is 0 Å². The van der Waals surface area contributed by atoms with Gasteiger partial charge in [-0.1, -0.05) is 71.7 Å². The molecule has 8 heteroatoms. The van der Waals surface area contributed by atoms with Crippen LogP contribution in [0.3, 0.4) is 0 Å². The van der Waals surface area contributed by atoms with Gasteiger partial charge in [-0.3, -0.25) is 9.59 Å². The molecule has 0 fully saturated rings. The first-order valence-corrected chi connectivity index (χ1v) is 10.1. The van der Waals surface area contributed by atoms with Crippen LogP contribution in [0.1, 0.15) is 16.7 Å². The van der Waals surface area contributed by atoms with E-state index in [1.807, 2.05) is 30.3 Å². The zero-order chi connectivity index (χ0) is 22.1. The molecule has 0 atom stereocenters. The van der Waals surface area contributed by atoms with Gasteiger partial charge in [-0.05, 0) is 35.4 Å². The molecular formula is C23H19Cl2N3O3. The van der Waals surface area contributed by atoms with E-state index in [-0.39, 0.29) is 13.2 Å². The number of benzene rings is 3. The van der Waals surface area contributed by atoms with Crippen molar-refractivity contribution in [1.82, 2.24) is 10.7 Å². The first-order valence-electron chi connectivity index (χ1n) is 9.34. The molecule has 2 N–H and O–H groups in total. The highest BCUT2D eigenvalue weighted by molar-refractivity contribution is 6.36. The molecule has 0 heterocycles. The lowest BCUT2D eigenvalue weighted by Gasteiger charge is -2.09. The van der Waals surface area contributed by atoms with Crippen molar-refractivity contribution in [3.8, 4) is 5.75 Å². The summed E-state index contributed by atoms with van der Waals surface area (Å²) in [5.41, 5.74) is 4.46. The molecule has 0 bridgehead atoms. The van der Waals surface area contributed by atoms with Crippen LogP contribution < -0.4 is 15.5 Å². The average molecular weight is 456 g/mol. The molecule has 3 rings (SSSR count). The molecule has 0 saturated carbocycles. The summed E-state index contributed by atoms with van der Waals surface area (Å²) in [6.45, 7) is 0.461. The van der Waals surface area contributed by atoms with Crippen molar-refractivity contribution in [1.29, 1.82) is 0 Å². The second-order valence-electron chi connectivity index (χ2n) is 6.43. The zero-order valence-corrected chi connectivity index (χ0v) is 17.9. The van der Waals surface area contributed by atoms with Gasteiger partial charge in [-0.25, -0.2) is 5.43 Å². The second kappa shape index (κ2) is 11.2. The first kappa shape index (κ1) is 22.3. The van der Waals surface area contributed by atoms with Crippen LogP contribution in [0.15, 0.2) is 77.9 Å². The lowest BCUT2D eigenvalue weighted by Crippen LogP contribution is -2.37. The van der Waals surface area contributed by atoms with Crippen molar-refractivity contribution < 1.29 is 14.3 Å². The van der Waals surface area contributed by atoms with E-state index in [1.54, 1.807) is 42.5 Å². The highest BCUT2D eigenvalue weighted by Gasteiger charge is 2.11. The molecule has 31 heavy (non-hydrogen) atoms. The molecule has 3 aromatic rings. The third kappa shape index (κ3) is 6.84. The van der Waals surface area contributed by atoms with E-state index in [1.165, 1.54) is 6.21 Å². The van der Waals surface area contributed by atoms with Gasteiger partial charge in [0.05, 0.1) is 6.21 Å². The van der Waals surface area contributed by atoms with Gasteiger partial charge in [0.2, 0.25) is 0 Å². The summed E-state index contributed by atoms with van der Waals surface area (Å²) in [5, 5.41) is 7.41. The number of hydrazone groups is 1. The fourth-order valence-electron chi connectivity index (χ4n) is 2.59. The number of carbonyl (C=O) groups excluding carboxylic acids is 2. The summed E-state index contributed by atoms with van der Waals surface area (Å²) < 4.78 is 5.75. The lowest BCUT2D eigenvalue weighted by atomic mass is 10.2. The first-order chi connectivity index (χ1) is 15.0. The number of halogens is 2. The van der Waals surface area contributed by atoms with Crippen molar-refractivity contribution in [2.24, 2.45) is 5.10 Å². The molecule has 0 spiro atoms. The standard InChI is InChI=1S/C23H19Cl2N3O3/c24-20-10-5-11-21(25)19(20)15-31-18-9-4-8-17(12-18)14-27-28-23(30)22(29)26-13-16-6-2-1-3-7-16/h1-12,14H,13,15H2,(H,26,29)(H,28,30)/b27-14-. The van der Waals surface area contributed by atoms with Gasteiger partial charge in [0.25, 0.3) is 0 Å². The number of nitrogens with one attached hydrogen (secondary N) is 2. The summed E-state index contributed by atoms with van der Waals surface area (Å²) in [6, 6.07) is 21.6. The van der Waals surface area contributed by atoms with Crippen LogP contribution in [0, 0.1) is 0 Å². The summed E-state index contributed by atoms with van der Waals surface area (Å²) in [7, 11) is 0. The van der Waals surface area contributed by atoms with Crippen molar-refractivity contribution in [3.05, 3.63) is 99.5 Å². The zero-order valence-electron chi connectivity index (χ0n) is 16.3. The van der Waals surface area contributed by atoms with Crippen LogP contribution in [-0.4, -0.2) is 18.0 Å². The summed E-state index contributed by atoms with van der Waals surface area (Å²) in [6.07, 6.45) is 1.41. The summed E-state index contributed by atoms with van der Waals surface area (Å²) in [5.74, 6) is -1.05. The molecule has 0 aliphatic heterocycles. The highest BCUT2D eigenvalue weighted by Crippen LogP contribution is 2.26. The Hall–Kier alpha value is -3.35. The quantitative estimate of drug-likeness (QED) is 0.316. The van der Waals surface area contributed by atoms with E-state index in [0.717, 1.165) is 5.56 Å². The largest absolute Gasteiger partial charge is 0.489 e. The number of nitrogens with zero attached hydrogens (tertiary/aromatic N) is 1. The molecule has 6 nitrogen and oxygen atoms in total. The molecule has 0 unspecified atom stereocenters. The van der Waals surface area contributed by atoms with Crippen LogP contribution in [0.2, 0.25) is 10.0 Å². The number of amides is 2. The third-order valence-corrected chi connectivity index (χ3v) is 4.89. The number of hydrogen-bond acceptors (Lipinski definition) is 4. The van der Waals surface area contributed by atoms with E-state index in [0.29, 0.717) is 26.9 Å². The topological polar surface area (TPSA) is 79.8 Å². The average Bonchev–Trinajstić information content (AvgIpc) is 2.78. The molecule has 158 valence electrons. The van der Waals surface area contributed by atoms with E-state index < -0.39 is 11.8 Å². The molecule has 2 amide bonds. The van der Waals surface area contributed by atoms with Crippen LogP contribution in [-0.2, 0) is 22.7 Å². The molecular weight excluding hydrogens is 437 g/mol. The Kier molecular flexibility index (Phi) is 8.04. The van der Waals surface area contributed by atoms with Gasteiger partial charge >= 0.3 is 11.8 Å². The van der Waals surface area contributed by atoms with Crippen molar-refractivity contribution in [2.45, 2.75) is 13.2 Å². The summed E-state index contributed by atoms with van der Waals surface area (Å²) in [4.78, 5) is 23.7. The fourth-order valence-corrected chi connectivity index (χ4v) is 3.09. The Morgan fingerprint density at radius 1 is 0.903 bits per heavy atom. The SMILES string of the molecule is O=C(NCc1ccccc1)C(=O)N/N=C\c1cccc(OCc2c(Cl)cccc2Cl)c1. The molecule has 0 radical (unpaired) electrons. The molecule has 0 aromatic heterocycles. The van der Waals surface area contributed by atoms with Gasteiger partial charge in [0.15, 0.2) is 0 Å². The number of hydrogen-bond donors (Lipinski definition) is 2. The van der Waals surface area contributed by atoms with Gasteiger partial charge in [-0.2, -0.15) is 5.10 Å². The maximum absolute atomic E-state index is 11.9. The Balaban J connectivity index is 1.50. The number of ether oxygens (including phenoxy) is 1. The number of rotatable bonds is 7. The second-order valence-corrected chi connectivity index (χ2v) is 7.24. The van der Waals surface area contributed by atoms with Crippen LogP contribution >= 0.6 is 23.2 Å². The Labute approximate surface area is 189 Å². The minimum absolute atomic E-state index is 0.206. The Bertz CT molecular complexity index is 1070. The minimum atomic E-state index is -0.854. The fraction of sp³-hybridized carbons (Fsp3) is 0.0870. The maximum atomic E-state index is 11.9. The van der Waals surface area contributed by atoms with Gasteiger partial charge in [0.1, 0.15) is 12.4 Å². The molecule has 3 aromatic carbocycles. The van der Waals surface area contributed by atoms with E-state index in [4.69, 9.17) is 27.9 Å². The van der Waals surface area contributed by atoms with Crippen molar-refractivity contribution >= 4 is 41.2 Å². The van der Waals surface area contributed by atoms with E-state index in [9.17, 15) is 9.59 Å². The normalized spacial score (nSPS) is 10.6. The van der Waals surface area contributed by atoms with Crippen LogP contribution in [0.25, 0.3) is 0 Å². The summed E-state index contributed by atoms with van der Waals surface area (Å²) >= 11 is 12.3. The van der Waals surface area contributed by atoms with Gasteiger partial charge in [-0.15, -0.1) is 0 Å². The minimum Gasteiger partial charge on any atom is -0.489 e. The van der Waals surface area contributed by atoms with Crippen LogP contribution in [0.4, 0.5) is 0 Å². The Morgan fingerprint density at radius 2 is 1.61 bits per heavy atom. The monoisotopic (exact) mass is 455 g/mol. The predicted molar refractivity (Wildman–Crippen MR) is 121 cm³/mol. The van der Waals surface area contributed by atoms with Gasteiger partial charge < -0.3 is 10.1 Å². The Morgan fingerprint density at radius 3 is 2.35 bits per heavy atom. The van der Waals surface area contributed by atoms with Crippen molar-refractivity contribution in [3.63, 3.8) is 0 Å². The molecule has 0 aliphatic carbocycles. The smallest absolute Gasteiger partial charge is 0.329 e. The van der Waals surface area contributed by atoms with Crippen LogP contribution in [0.5, 0.6) is 5.75 Å². The number of carbonyl (C=O) groups is 2. The molecule has 0 aliphatic rings. The molecule has 0 saturated heterocycles. The highest BCUT2D eigenvalue weighted by atomic mass is 35.5. The van der Waals surface area contributed by atoms with Gasteiger partial charge in [0, 0.05) is 22.2 Å².